The van der Waals surface area contributed by atoms with Crippen LogP contribution in [0.15, 0.2) is 53.0 Å². The third kappa shape index (κ3) is 2.74. The highest BCUT2D eigenvalue weighted by atomic mass is 79.9. The maximum Gasteiger partial charge on any atom is 0.0399 e. The standard InChI is InChI=1S/C17H19BrN2/c18-15-7-3-2-6-14(15)16(19)10-12-20-11-9-13-5-1-4-8-17(13)20/h1-8,16H,9-12,19H2. The minimum Gasteiger partial charge on any atom is -0.371 e. The summed E-state index contributed by atoms with van der Waals surface area (Å²) in [5, 5.41) is 0. The van der Waals surface area contributed by atoms with Gasteiger partial charge < -0.3 is 10.6 Å². The molecule has 3 heteroatoms. The third-order valence-corrected chi connectivity index (χ3v) is 4.72. The van der Waals surface area contributed by atoms with Crippen LogP contribution < -0.4 is 10.6 Å². The molecule has 3 rings (SSSR count). The summed E-state index contributed by atoms with van der Waals surface area (Å²) in [7, 11) is 0. The molecule has 1 unspecified atom stereocenters. The number of anilines is 1. The molecule has 1 aliphatic heterocycles. The number of rotatable bonds is 4. The predicted octanol–water partition coefficient (Wildman–Crippen LogP) is 3.90. The highest BCUT2D eigenvalue weighted by Gasteiger charge is 2.19. The number of nitrogens with zero attached hydrogens (tertiary/aromatic N) is 1. The molecular formula is C17H19BrN2. The Labute approximate surface area is 128 Å². The molecule has 0 aromatic heterocycles. The summed E-state index contributed by atoms with van der Waals surface area (Å²) in [5.74, 6) is 0. The van der Waals surface area contributed by atoms with Crippen LogP contribution in [0, 0.1) is 0 Å². The van der Waals surface area contributed by atoms with Crippen molar-refractivity contribution < 1.29 is 0 Å². The van der Waals surface area contributed by atoms with Crippen LogP contribution in [0.25, 0.3) is 0 Å². The van der Waals surface area contributed by atoms with Crippen LogP contribution in [0.4, 0.5) is 5.69 Å². The maximum absolute atomic E-state index is 6.34. The van der Waals surface area contributed by atoms with Gasteiger partial charge in [-0.2, -0.15) is 0 Å². The molecular weight excluding hydrogens is 312 g/mol. The quantitative estimate of drug-likeness (QED) is 0.921. The van der Waals surface area contributed by atoms with Gasteiger partial charge in [0, 0.05) is 29.3 Å². The number of hydrogen-bond acceptors (Lipinski definition) is 2. The van der Waals surface area contributed by atoms with Gasteiger partial charge in [0.15, 0.2) is 0 Å². The molecule has 2 aromatic rings. The van der Waals surface area contributed by atoms with Gasteiger partial charge in [0.2, 0.25) is 0 Å². The molecule has 104 valence electrons. The van der Waals surface area contributed by atoms with Gasteiger partial charge in [-0.15, -0.1) is 0 Å². The average Bonchev–Trinajstić information content (AvgIpc) is 2.88. The molecule has 0 amide bonds. The number of benzene rings is 2. The van der Waals surface area contributed by atoms with Gasteiger partial charge in [-0.3, -0.25) is 0 Å². The van der Waals surface area contributed by atoms with Crippen molar-refractivity contribution in [2.75, 3.05) is 18.0 Å². The first-order valence-electron chi connectivity index (χ1n) is 7.08. The number of nitrogens with two attached hydrogens (primary N) is 1. The fraction of sp³-hybridized carbons (Fsp3) is 0.294. The van der Waals surface area contributed by atoms with Crippen molar-refractivity contribution in [1.29, 1.82) is 0 Å². The molecule has 2 aromatic carbocycles. The Hall–Kier alpha value is -1.32. The second-order valence-electron chi connectivity index (χ2n) is 5.28. The normalized spacial score (nSPS) is 15.2. The monoisotopic (exact) mass is 330 g/mol. The van der Waals surface area contributed by atoms with Crippen LogP contribution in [0.1, 0.15) is 23.6 Å². The molecule has 0 spiro atoms. The first-order chi connectivity index (χ1) is 9.75. The zero-order valence-electron chi connectivity index (χ0n) is 11.4. The molecule has 20 heavy (non-hydrogen) atoms. The average molecular weight is 331 g/mol. The van der Waals surface area contributed by atoms with E-state index in [0.29, 0.717) is 0 Å². The van der Waals surface area contributed by atoms with Gasteiger partial charge in [0.05, 0.1) is 0 Å². The topological polar surface area (TPSA) is 29.3 Å². The van der Waals surface area contributed by atoms with Crippen molar-refractivity contribution in [1.82, 2.24) is 0 Å². The van der Waals surface area contributed by atoms with E-state index in [0.717, 1.165) is 30.4 Å². The molecule has 0 saturated heterocycles. The molecule has 0 bridgehead atoms. The van der Waals surface area contributed by atoms with E-state index in [1.165, 1.54) is 16.8 Å². The molecule has 0 aliphatic carbocycles. The molecule has 0 radical (unpaired) electrons. The van der Waals surface area contributed by atoms with Gasteiger partial charge >= 0.3 is 0 Å². The van der Waals surface area contributed by atoms with Crippen molar-refractivity contribution in [3.8, 4) is 0 Å². The number of fused-ring (bicyclic) bond motifs is 1. The Morgan fingerprint density at radius 2 is 1.85 bits per heavy atom. The molecule has 0 fully saturated rings. The molecule has 1 aliphatic rings. The van der Waals surface area contributed by atoms with E-state index in [2.05, 4.69) is 57.2 Å². The summed E-state index contributed by atoms with van der Waals surface area (Å²) in [5.41, 5.74) is 10.4. The van der Waals surface area contributed by atoms with Crippen molar-refractivity contribution in [3.05, 3.63) is 64.1 Å². The minimum absolute atomic E-state index is 0.0818. The van der Waals surface area contributed by atoms with Crippen LogP contribution in [0.2, 0.25) is 0 Å². The summed E-state index contributed by atoms with van der Waals surface area (Å²) in [6.45, 7) is 2.13. The summed E-state index contributed by atoms with van der Waals surface area (Å²) in [6, 6.07) is 17.0. The summed E-state index contributed by atoms with van der Waals surface area (Å²) < 4.78 is 1.11. The fourth-order valence-corrected chi connectivity index (χ4v) is 3.44. The Morgan fingerprint density at radius 3 is 2.70 bits per heavy atom. The van der Waals surface area contributed by atoms with Gasteiger partial charge in [-0.1, -0.05) is 52.3 Å². The third-order valence-electron chi connectivity index (χ3n) is 4.00. The Morgan fingerprint density at radius 1 is 1.10 bits per heavy atom. The lowest BCUT2D eigenvalue weighted by molar-refractivity contribution is 0.632. The zero-order chi connectivity index (χ0) is 13.9. The van der Waals surface area contributed by atoms with Crippen LogP contribution in [0.3, 0.4) is 0 Å². The second-order valence-corrected chi connectivity index (χ2v) is 6.14. The van der Waals surface area contributed by atoms with E-state index in [1.54, 1.807) is 0 Å². The largest absolute Gasteiger partial charge is 0.371 e. The molecule has 2 N–H and O–H groups in total. The van der Waals surface area contributed by atoms with Crippen LogP contribution in [-0.4, -0.2) is 13.1 Å². The van der Waals surface area contributed by atoms with Gasteiger partial charge in [0.25, 0.3) is 0 Å². The SMILES string of the molecule is NC(CCN1CCc2ccccc21)c1ccccc1Br. The van der Waals surface area contributed by atoms with Gasteiger partial charge in [-0.25, -0.2) is 0 Å². The summed E-state index contributed by atoms with van der Waals surface area (Å²) in [4.78, 5) is 2.45. The van der Waals surface area contributed by atoms with Crippen molar-refractivity contribution >= 4 is 21.6 Å². The van der Waals surface area contributed by atoms with Crippen molar-refractivity contribution in [3.63, 3.8) is 0 Å². The number of hydrogen-bond donors (Lipinski definition) is 1. The minimum atomic E-state index is 0.0818. The zero-order valence-corrected chi connectivity index (χ0v) is 13.0. The molecule has 1 heterocycles. The summed E-state index contributed by atoms with van der Waals surface area (Å²) in [6.07, 6.45) is 2.12. The molecule has 1 atom stereocenters. The lowest BCUT2D eigenvalue weighted by atomic mass is 10.0. The number of para-hydroxylation sites is 1. The van der Waals surface area contributed by atoms with Crippen molar-refractivity contribution in [2.24, 2.45) is 5.73 Å². The van der Waals surface area contributed by atoms with E-state index in [-0.39, 0.29) is 6.04 Å². The van der Waals surface area contributed by atoms with E-state index < -0.39 is 0 Å². The summed E-state index contributed by atoms with van der Waals surface area (Å²) >= 11 is 3.58. The van der Waals surface area contributed by atoms with Crippen LogP contribution in [-0.2, 0) is 6.42 Å². The van der Waals surface area contributed by atoms with E-state index in [9.17, 15) is 0 Å². The van der Waals surface area contributed by atoms with Crippen LogP contribution in [0.5, 0.6) is 0 Å². The maximum atomic E-state index is 6.34. The lowest BCUT2D eigenvalue weighted by Crippen LogP contribution is -2.25. The predicted molar refractivity (Wildman–Crippen MR) is 88.0 cm³/mol. The number of halogens is 1. The highest BCUT2D eigenvalue weighted by Crippen LogP contribution is 2.29. The molecule has 0 saturated carbocycles. The van der Waals surface area contributed by atoms with Crippen LogP contribution >= 0.6 is 15.9 Å². The lowest BCUT2D eigenvalue weighted by Gasteiger charge is -2.22. The fourth-order valence-electron chi connectivity index (χ4n) is 2.87. The smallest absolute Gasteiger partial charge is 0.0399 e. The van der Waals surface area contributed by atoms with E-state index >= 15 is 0 Å². The Balaban J connectivity index is 1.65. The van der Waals surface area contributed by atoms with Crippen molar-refractivity contribution in [2.45, 2.75) is 18.9 Å². The second kappa shape index (κ2) is 5.98. The Bertz CT molecular complexity index is 597. The van der Waals surface area contributed by atoms with E-state index in [4.69, 9.17) is 5.73 Å². The highest BCUT2D eigenvalue weighted by molar-refractivity contribution is 9.10. The van der Waals surface area contributed by atoms with E-state index in [1.807, 2.05) is 12.1 Å². The van der Waals surface area contributed by atoms with Gasteiger partial charge in [-0.05, 0) is 36.1 Å². The first kappa shape index (κ1) is 13.7. The first-order valence-corrected chi connectivity index (χ1v) is 7.88. The Kier molecular flexibility index (Phi) is 4.08. The molecule has 2 nitrogen and oxygen atoms in total. The van der Waals surface area contributed by atoms with Gasteiger partial charge in [0.1, 0.15) is 0 Å².